The molecule has 2 N–H and O–H groups in total. The lowest BCUT2D eigenvalue weighted by molar-refractivity contribution is -0.958. The predicted molar refractivity (Wildman–Crippen MR) is 115 cm³/mol. The van der Waals surface area contributed by atoms with Crippen LogP contribution in [-0.4, -0.2) is 31.5 Å². The SMILES string of the molecule is COc1ccc([C@H]2[C@@H]3CCCC[C@]3(O)CC[NH+]2Cc2ccc(C)cc2)c(OC)c1. The molecule has 156 valence electrons. The molecular formula is C25H34NO3+. The Morgan fingerprint density at radius 1 is 1.03 bits per heavy atom. The van der Waals surface area contributed by atoms with Gasteiger partial charge in [0.1, 0.15) is 24.1 Å². The highest BCUT2D eigenvalue weighted by molar-refractivity contribution is 5.42. The maximum atomic E-state index is 11.5. The molecular weight excluding hydrogens is 362 g/mol. The van der Waals surface area contributed by atoms with Crippen LogP contribution in [0.15, 0.2) is 42.5 Å². The summed E-state index contributed by atoms with van der Waals surface area (Å²) in [5.74, 6) is 1.93. The van der Waals surface area contributed by atoms with Gasteiger partial charge in [-0.25, -0.2) is 0 Å². The van der Waals surface area contributed by atoms with Crippen LogP contribution in [0.5, 0.6) is 11.5 Å². The Labute approximate surface area is 174 Å². The molecule has 1 saturated heterocycles. The minimum Gasteiger partial charge on any atom is -0.497 e. The molecule has 2 aromatic rings. The monoisotopic (exact) mass is 396 g/mol. The van der Waals surface area contributed by atoms with Gasteiger partial charge in [-0.15, -0.1) is 0 Å². The molecule has 0 amide bonds. The van der Waals surface area contributed by atoms with E-state index in [0.717, 1.165) is 50.3 Å². The molecule has 0 spiro atoms. The van der Waals surface area contributed by atoms with E-state index in [2.05, 4.69) is 37.3 Å². The zero-order chi connectivity index (χ0) is 20.4. The van der Waals surface area contributed by atoms with Crippen molar-refractivity contribution >= 4 is 0 Å². The van der Waals surface area contributed by atoms with Crippen LogP contribution in [0.25, 0.3) is 0 Å². The van der Waals surface area contributed by atoms with Gasteiger partial charge in [-0.05, 0) is 31.9 Å². The molecule has 1 heterocycles. The van der Waals surface area contributed by atoms with Crippen LogP contribution in [0, 0.1) is 12.8 Å². The quantitative estimate of drug-likeness (QED) is 0.813. The fourth-order valence-electron chi connectivity index (χ4n) is 5.53. The normalized spacial score (nSPS) is 29.2. The van der Waals surface area contributed by atoms with Gasteiger partial charge >= 0.3 is 0 Å². The molecule has 29 heavy (non-hydrogen) atoms. The summed E-state index contributed by atoms with van der Waals surface area (Å²) >= 11 is 0. The number of methoxy groups -OCH3 is 2. The molecule has 2 fully saturated rings. The topological polar surface area (TPSA) is 43.1 Å². The summed E-state index contributed by atoms with van der Waals surface area (Å²) in [5, 5.41) is 11.5. The van der Waals surface area contributed by atoms with E-state index in [1.807, 2.05) is 12.1 Å². The molecule has 4 rings (SSSR count). The number of benzene rings is 2. The summed E-state index contributed by atoms with van der Waals surface area (Å²) in [6.07, 6.45) is 5.21. The van der Waals surface area contributed by atoms with Crippen molar-refractivity contribution in [2.45, 2.75) is 57.2 Å². The Bertz CT molecular complexity index is 834. The summed E-state index contributed by atoms with van der Waals surface area (Å²) < 4.78 is 11.2. The predicted octanol–water partition coefficient (Wildman–Crippen LogP) is 3.46. The second-order valence-corrected chi connectivity index (χ2v) is 8.86. The second-order valence-electron chi connectivity index (χ2n) is 8.86. The zero-order valence-electron chi connectivity index (χ0n) is 17.9. The first-order valence-electron chi connectivity index (χ1n) is 10.9. The van der Waals surface area contributed by atoms with Crippen LogP contribution in [-0.2, 0) is 6.54 Å². The van der Waals surface area contributed by atoms with E-state index in [0.29, 0.717) is 0 Å². The summed E-state index contributed by atoms with van der Waals surface area (Å²) in [4.78, 5) is 1.52. The van der Waals surface area contributed by atoms with Crippen molar-refractivity contribution in [1.82, 2.24) is 0 Å². The van der Waals surface area contributed by atoms with E-state index in [9.17, 15) is 5.11 Å². The standard InChI is InChI=1S/C25H33NO3/c1-18-7-9-19(10-8-18)17-26-15-14-25(27)13-5-4-6-22(25)24(26)21-12-11-20(28-2)16-23(21)29-3/h7-12,16,22,24,27H,4-6,13-15,17H2,1-3H3/p+1/t22-,24-,25-/m0/s1. The molecule has 4 nitrogen and oxygen atoms in total. The molecule has 2 aliphatic rings. The van der Waals surface area contributed by atoms with Crippen molar-refractivity contribution in [3.8, 4) is 11.5 Å². The number of piperidine rings is 1. The molecule has 0 bridgehead atoms. The highest BCUT2D eigenvalue weighted by Crippen LogP contribution is 2.46. The highest BCUT2D eigenvalue weighted by Gasteiger charge is 2.52. The van der Waals surface area contributed by atoms with Gasteiger partial charge in [0.15, 0.2) is 0 Å². The van der Waals surface area contributed by atoms with Crippen molar-refractivity contribution in [2.24, 2.45) is 5.92 Å². The third kappa shape index (κ3) is 4.01. The van der Waals surface area contributed by atoms with E-state index in [1.165, 1.54) is 28.0 Å². The van der Waals surface area contributed by atoms with Gasteiger partial charge < -0.3 is 19.5 Å². The summed E-state index contributed by atoms with van der Waals surface area (Å²) in [6, 6.07) is 15.2. The summed E-state index contributed by atoms with van der Waals surface area (Å²) in [7, 11) is 3.41. The first kappa shape index (κ1) is 20.2. The maximum absolute atomic E-state index is 11.5. The molecule has 1 aliphatic carbocycles. The van der Waals surface area contributed by atoms with Crippen molar-refractivity contribution < 1.29 is 19.5 Å². The number of quaternary nitrogens is 1. The van der Waals surface area contributed by atoms with Crippen LogP contribution in [0.3, 0.4) is 0 Å². The minimum absolute atomic E-state index is 0.219. The smallest absolute Gasteiger partial charge is 0.131 e. The lowest BCUT2D eigenvalue weighted by atomic mass is 9.66. The Hall–Kier alpha value is -2.04. The van der Waals surface area contributed by atoms with E-state index in [4.69, 9.17) is 9.47 Å². The first-order valence-corrected chi connectivity index (χ1v) is 10.9. The van der Waals surface area contributed by atoms with E-state index in [-0.39, 0.29) is 12.0 Å². The number of likely N-dealkylation sites (tertiary alicyclic amines) is 1. The lowest BCUT2D eigenvalue weighted by Crippen LogP contribution is -3.13. The fraction of sp³-hybridized carbons (Fsp3) is 0.520. The minimum atomic E-state index is -0.551. The molecule has 4 heteroatoms. The molecule has 1 unspecified atom stereocenters. The Morgan fingerprint density at radius 2 is 1.83 bits per heavy atom. The van der Waals surface area contributed by atoms with Gasteiger partial charge in [0, 0.05) is 24.0 Å². The zero-order valence-corrected chi connectivity index (χ0v) is 17.9. The van der Waals surface area contributed by atoms with Crippen LogP contribution in [0.4, 0.5) is 0 Å². The average Bonchev–Trinajstić information content (AvgIpc) is 2.75. The first-order chi connectivity index (χ1) is 14.0. The van der Waals surface area contributed by atoms with Gasteiger partial charge in [-0.2, -0.15) is 0 Å². The Balaban J connectivity index is 1.73. The number of aliphatic hydroxyl groups is 1. The lowest BCUT2D eigenvalue weighted by Gasteiger charge is -2.50. The summed E-state index contributed by atoms with van der Waals surface area (Å²) in [5.41, 5.74) is 3.28. The maximum Gasteiger partial charge on any atom is 0.131 e. The number of fused-ring (bicyclic) bond motifs is 1. The van der Waals surface area contributed by atoms with Crippen LogP contribution in [0.2, 0.25) is 0 Å². The van der Waals surface area contributed by atoms with Gasteiger partial charge in [0.05, 0.1) is 31.9 Å². The van der Waals surface area contributed by atoms with Crippen molar-refractivity contribution in [3.63, 3.8) is 0 Å². The number of nitrogens with one attached hydrogen (secondary N) is 1. The molecule has 1 saturated carbocycles. The van der Waals surface area contributed by atoms with Crippen molar-refractivity contribution in [2.75, 3.05) is 20.8 Å². The van der Waals surface area contributed by atoms with Crippen LogP contribution < -0.4 is 14.4 Å². The van der Waals surface area contributed by atoms with Crippen molar-refractivity contribution in [1.29, 1.82) is 0 Å². The molecule has 0 radical (unpaired) electrons. The summed E-state index contributed by atoms with van der Waals surface area (Å²) in [6.45, 7) is 4.07. The molecule has 2 aromatic carbocycles. The largest absolute Gasteiger partial charge is 0.497 e. The van der Waals surface area contributed by atoms with E-state index >= 15 is 0 Å². The van der Waals surface area contributed by atoms with E-state index < -0.39 is 5.60 Å². The Morgan fingerprint density at radius 3 is 2.55 bits per heavy atom. The number of ether oxygens (including phenoxy) is 2. The van der Waals surface area contributed by atoms with Crippen molar-refractivity contribution in [3.05, 3.63) is 59.2 Å². The van der Waals surface area contributed by atoms with Gasteiger partial charge in [-0.1, -0.05) is 42.7 Å². The average molecular weight is 397 g/mol. The number of hydrogen-bond donors (Lipinski definition) is 2. The van der Waals surface area contributed by atoms with Crippen LogP contribution >= 0.6 is 0 Å². The van der Waals surface area contributed by atoms with E-state index in [1.54, 1.807) is 14.2 Å². The van der Waals surface area contributed by atoms with Crippen LogP contribution in [0.1, 0.15) is 54.8 Å². The third-order valence-electron chi connectivity index (χ3n) is 7.11. The molecule has 0 aromatic heterocycles. The third-order valence-corrected chi connectivity index (χ3v) is 7.11. The second kappa shape index (κ2) is 8.37. The number of hydrogen-bond acceptors (Lipinski definition) is 3. The van der Waals surface area contributed by atoms with Gasteiger partial charge in [-0.3, -0.25) is 0 Å². The van der Waals surface area contributed by atoms with Gasteiger partial charge in [0.25, 0.3) is 0 Å². The molecule has 4 atom stereocenters. The number of rotatable bonds is 5. The van der Waals surface area contributed by atoms with Gasteiger partial charge in [0.2, 0.25) is 0 Å². The number of aryl methyl sites for hydroxylation is 1. The highest BCUT2D eigenvalue weighted by atomic mass is 16.5. The Kier molecular flexibility index (Phi) is 5.84. The molecule has 1 aliphatic heterocycles. The fourth-order valence-corrected chi connectivity index (χ4v) is 5.53.